The Morgan fingerprint density at radius 3 is 2.36 bits per heavy atom. The van der Waals surface area contributed by atoms with Crippen LogP contribution in [0.1, 0.15) is 17.2 Å². The summed E-state index contributed by atoms with van der Waals surface area (Å²) in [5.41, 5.74) is 7.35. The molecular formula is C16H15F4NO. The zero-order valence-corrected chi connectivity index (χ0v) is 11.6. The van der Waals surface area contributed by atoms with E-state index in [1.54, 1.807) is 0 Å². The molecule has 0 aliphatic heterocycles. The molecule has 2 N–H and O–H groups in total. The fraction of sp³-hybridized carbons (Fsp3) is 0.250. The molecule has 1 atom stereocenters. The van der Waals surface area contributed by atoms with E-state index in [2.05, 4.69) is 4.74 Å². The number of ether oxygens (including phenoxy) is 1. The Morgan fingerprint density at radius 1 is 1.05 bits per heavy atom. The Balaban J connectivity index is 2.11. The highest BCUT2D eigenvalue weighted by Gasteiger charge is 2.28. The van der Waals surface area contributed by atoms with Crippen molar-refractivity contribution in [3.63, 3.8) is 0 Å². The van der Waals surface area contributed by atoms with Crippen LogP contribution in [0.15, 0.2) is 48.5 Å². The van der Waals surface area contributed by atoms with Crippen molar-refractivity contribution < 1.29 is 22.3 Å². The van der Waals surface area contributed by atoms with Crippen LogP contribution in [-0.2, 0) is 6.42 Å². The fourth-order valence-corrected chi connectivity index (χ4v) is 2.03. The number of benzene rings is 2. The highest BCUT2D eigenvalue weighted by atomic mass is 19.4. The van der Waals surface area contributed by atoms with Gasteiger partial charge in [0.25, 0.3) is 0 Å². The summed E-state index contributed by atoms with van der Waals surface area (Å²) in [6, 6.07) is 12.2. The molecule has 2 nitrogen and oxygen atoms in total. The third kappa shape index (κ3) is 5.04. The molecule has 2 aromatic rings. The van der Waals surface area contributed by atoms with E-state index in [9.17, 15) is 17.6 Å². The van der Waals surface area contributed by atoms with Crippen molar-refractivity contribution in [3.05, 3.63) is 65.5 Å². The van der Waals surface area contributed by atoms with E-state index in [4.69, 9.17) is 5.73 Å². The topological polar surface area (TPSA) is 35.2 Å². The van der Waals surface area contributed by atoms with E-state index < -0.39 is 24.6 Å². The van der Waals surface area contributed by atoms with E-state index in [1.165, 1.54) is 12.1 Å². The van der Waals surface area contributed by atoms with Gasteiger partial charge in [-0.15, -0.1) is 0 Å². The zero-order chi connectivity index (χ0) is 16.2. The van der Waals surface area contributed by atoms with E-state index in [0.29, 0.717) is 12.0 Å². The maximum atomic E-state index is 13.5. The van der Waals surface area contributed by atoms with Crippen LogP contribution < -0.4 is 10.5 Å². The van der Waals surface area contributed by atoms with Gasteiger partial charge in [-0.2, -0.15) is 13.2 Å². The maximum Gasteiger partial charge on any atom is 0.422 e. The predicted molar refractivity (Wildman–Crippen MR) is 75.0 cm³/mol. The molecular weight excluding hydrogens is 298 g/mol. The second-order valence-corrected chi connectivity index (χ2v) is 4.92. The average molecular weight is 313 g/mol. The van der Waals surface area contributed by atoms with E-state index in [-0.39, 0.29) is 5.75 Å². The monoisotopic (exact) mass is 313 g/mol. The Labute approximate surface area is 125 Å². The molecule has 2 rings (SSSR count). The molecule has 0 spiro atoms. The minimum atomic E-state index is -4.47. The molecule has 0 aliphatic rings. The van der Waals surface area contributed by atoms with Gasteiger partial charge in [0.2, 0.25) is 0 Å². The molecule has 0 aliphatic carbocycles. The van der Waals surface area contributed by atoms with Gasteiger partial charge in [0.15, 0.2) is 6.61 Å². The van der Waals surface area contributed by atoms with Crippen LogP contribution in [0, 0.1) is 5.82 Å². The van der Waals surface area contributed by atoms with Gasteiger partial charge >= 0.3 is 6.18 Å². The molecule has 0 fully saturated rings. The number of rotatable bonds is 5. The number of hydrogen-bond donors (Lipinski definition) is 1. The molecule has 0 aromatic heterocycles. The molecule has 0 heterocycles. The molecule has 0 saturated carbocycles. The molecule has 0 saturated heterocycles. The lowest BCUT2D eigenvalue weighted by Crippen LogP contribution is -2.19. The minimum Gasteiger partial charge on any atom is -0.484 e. The quantitative estimate of drug-likeness (QED) is 0.847. The van der Waals surface area contributed by atoms with Crippen LogP contribution in [0.25, 0.3) is 0 Å². The lowest BCUT2D eigenvalue weighted by atomic mass is 9.99. The van der Waals surface area contributed by atoms with Crippen molar-refractivity contribution in [2.24, 2.45) is 5.73 Å². The van der Waals surface area contributed by atoms with E-state index in [0.717, 1.165) is 11.6 Å². The number of hydrogen-bond acceptors (Lipinski definition) is 2. The van der Waals surface area contributed by atoms with Crippen molar-refractivity contribution in [2.75, 3.05) is 6.61 Å². The summed E-state index contributed by atoms with van der Waals surface area (Å²) in [5.74, 6) is -0.867. The second kappa shape index (κ2) is 6.79. The normalized spacial score (nSPS) is 13.0. The largest absolute Gasteiger partial charge is 0.484 e. The first-order chi connectivity index (χ1) is 10.3. The van der Waals surface area contributed by atoms with Gasteiger partial charge < -0.3 is 10.5 Å². The second-order valence-electron chi connectivity index (χ2n) is 4.92. The maximum absolute atomic E-state index is 13.5. The van der Waals surface area contributed by atoms with Gasteiger partial charge in [0.05, 0.1) is 0 Å². The zero-order valence-electron chi connectivity index (χ0n) is 11.6. The third-order valence-corrected chi connectivity index (χ3v) is 3.02. The summed E-state index contributed by atoms with van der Waals surface area (Å²) in [6.45, 7) is -1.47. The summed E-state index contributed by atoms with van der Waals surface area (Å²) in [7, 11) is 0. The Bertz CT molecular complexity index is 613. The number of nitrogens with two attached hydrogens (primary N) is 1. The van der Waals surface area contributed by atoms with Crippen LogP contribution in [-0.4, -0.2) is 12.8 Å². The van der Waals surface area contributed by atoms with Gasteiger partial charge in [-0.3, -0.25) is 0 Å². The number of alkyl halides is 3. The summed E-state index contributed by atoms with van der Waals surface area (Å²) in [4.78, 5) is 0. The lowest BCUT2D eigenvalue weighted by molar-refractivity contribution is -0.153. The SMILES string of the molecule is NC(Cc1ccccc1)c1cc(F)cc(OCC(F)(F)F)c1. The van der Waals surface area contributed by atoms with Crippen molar-refractivity contribution in [1.82, 2.24) is 0 Å². The van der Waals surface area contributed by atoms with Crippen molar-refractivity contribution in [1.29, 1.82) is 0 Å². The first-order valence-corrected chi connectivity index (χ1v) is 6.63. The van der Waals surface area contributed by atoms with E-state index >= 15 is 0 Å². The summed E-state index contributed by atoms with van der Waals surface area (Å²) in [6.07, 6.45) is -4.03. The summed E-state index contributed by atoms with van der Waals surface area (Å²) < 4.78 is 54.5. The van der Waals surface area contributed by atoms with Crippen molar-refractivity contribution in [2.45, 2.75) is 18.6 Å². The van der Waals surface area contributed by atoms with Crippen molar-refractivity contribution >= 4 is 0 Å². The molecule has 118 valence electrons. The third-order valence-electron chi connectivity index (χ3n) is 3.02. The average Bonchev–Trinajstić information content (AvgIpc) is 2.45. The van der Waals surface area contributed by atoms with Crippen molar-refractivity contribution in [3.8, 4) is 5.75 Å². The highest BCUT2D eigenvalue weighted by Crippen LogP contribution is 2.24. The molecule has 2 aromatic carbocycles. The lowest BCUT2D eigenvalue weighted by Gasteiger charge is -2.15. The number of halogens is 4. The highest BCUT2D eigenvalue weighted by molar-refractivity contribution is 5.32. The standard InChI is InChI=1S/C16H15F4NO/c17-13-7-12(8-14(9-13)22-10-16(18,19)20)15(21)6-11-4-2-1-3-5-11/h1-5,7-9,15H,6,10,21H2. The molecule has 0 radical (unpaired) electrons. The summed E-state index contributed by atoms with van der Waals surface area (Å²) >= 11 is 0. The molecule has 0 amide bonds. The summed E-state index contributed by atoms with van der Waals surface area (Å²) in [5, 5.41) is 0. The molecule has 6 heteroatoms. The van der Waals surface area contributed by atoms with Gasteiger partial charge in [-0.05, 0) is 29.7 Å². The van der Waals surface area contributed by atoms with Crippen LogP contribution in [0.4, 0.5) is 17.6 Å². The van der Waals surface area contributed by atoms with Gasteiger partial charge in [0.1, 0.15) is 11.6 Å². The van der Waals surface area contributed by atoms with Gasteiger partial charge in [-0.25, -0.2) is 4.39 Å². The smallest absolute Gasteiger partial charge is 0.422 e. The van der Waals surface area contributed by atoms with E-state index in [1.807, 2.05) is 30.3 Å². The molecule has 22 heavy (non-hydrogen) atoms. The van der Waals surface area contributed by atoms with Crippen LogP contribution in [0.5, 0.6) is 5.75 Å². The van der Waals surface area contributed by atoms with Crippen LogP contribution in [0.2, 0.25) is 0 Å². The predicted octanol–water partition coefficient (Wildman–Crippen LogP) is 4.01. The van der Waals surface area contributed by atoms with Crippen LogP contribution in [0.3, 0.4) is 0 Å². The Hall–Kier alpha value is -2.08. The first kappa shape index (κ1) is 16.3. The Kier molecular flexibility index (Phi) is 5.03. The Morgan fingerprint density at radius 2 is 1.73 bits per heavy atom. The molecule has 0 bridgehead atoms. The van der Waals surface area contributed by atoms with Crippen LogP contribution >= 0.6 is 0 Å². The van der Waals surface area contributed by atoms with Gasteiger partial charge in [-0.1, -0.05) is 30.3 Å². The first-order valence-electron chi connectivity index (χ1n) is 6.63. The van der Waals surface area contributed by atoms with Gasteiger partial charge in [0, 0.05) is 12.1 Å². The minimum absolute atomic E-state index is 0.184. The molecule has 1 unspecified atom stereocenters. The fourth-order valence-electron chi connectivity index (χ4n) is 2.03.